The van der Waals surface area contributed by atoms with E-state index < -0.39 is 0 Å². The minimum Gasteiger partial charge on any atom is -0.357 e. The van der Waals surface area contributed by atoms with Crippen molar-refractivity contribution in [3.63, 3.8) is 0 Å². The molecule has 0 aliphatic carbocycles. The Kier molecular flexibility index (Phi) is 2.70. The van der Waals surface area contributed by atoms with Gasteiger partial charge in [-0.15, -0.1) is 10.2 Å². The largest absolute Gasteiger partial charge is 0.357 e. The van der Waals surface area contributed by atoms with Gasteiger partial charge >= 0.3 is 0 Å². The molecular weight excluding hydrogens is 270 g/mol. The number of thiazole rings is 1. The van der Waals surface area contributed by atoms with Crippen molar-refractivity contribution in [2.45, 2.75) is 32.4 Å². The van der Waals surface area contributed by atoms with Crippen molar-refractivity contribution in [3.05, 3.63) is 35.9 Å². The molecule has 0 saturated heterocycles. The van der Waals surface area contributed by atoms with Crippen molar-refractivity contribution >= 4 is 26.7 Å². The van der Waals surface area contributed by atoms with Gasteiger partial charge in [-0.2, -0.15) is 0 Å². The van der Waals surface area contributed by atoms with Crippen LogP contribution in [0.2, 0.25) is 0 Å². The summed E-state index contributed by atoms with van der Waals surface area (Å²) < 4.78 is 3.43. The van der Waals surface area contributed by atoms with Gasteiger partial charge in [-0.05, 0) is 25.5 Å². The van der Waals surface area contributed by atoms with Gasteiger partial charge in [0, 0.05) is 19.0 Å². The van der Waals surface area contributed by atoms with Gasteiger partial charge < -0.3 is 9.88 Å². The molecule has 20 heavy (non-hydrogen) atoms. The van der Waals surface area contributed by atoms with Crippen LogP contribution in [0.3, 0.4) is 0 Å². The maximum atomic E-state index is 4.64. The Labute approximate surface area is 120 Å². The van der Waals surface area contributed by atoms with E-state index in [0.717, 1.165) is 41.7 Å². The minimum atomic E-state index is 0.401. The maximum Gasteiger partial charge on any atom is 0.184 e. The van der Waals surface area contributed by atoms with E-state index in [9.17, 15) is 0 Å². The molecule has 102 valence electrons. The molecule has 3 heterocycles. The zero-order valence-corrected chi connectivity index (χ0v) is 12.0. The number of para-hydroxylation sites is 1. The van der Waals surface area contributed by atoms with Crippen LogP contribution in [0.25, 0.3) is 10.2 Å². The minimum absolute atomic E-state index is 0.401. The van der Waals surface area contributed by atoms with E-state index in [4.69, 9.17) is 0 Å². The number of benzene rings is 1. The monoisotopic (exact) mass is 285 g/mol. The molecule has 0 saturated carbocycles. The zero-order valence-electron chi connectivity index (χ0n) is 11.2. The third-order valence-electron chi connectivity index (χ3n) is 3.75. The standard InChI is InChI=1S/C14H15N5S/c1-9-17-18-13-7-6-10(8-19(9)13)15-14-16-11-4-2-3-5-12(11)20-14/h2-5,10H,6-8H2,1H3,(H,15,16)/t10-/m0/s1. The molecule has 0 spiro atoms. The highest BCUT2D eigenvalue weighted by Crippen LogP contribution is 2.27. The van der Waals surface area contributed by atoms with Crippen LogP contribution in [0.1, 0.15) is 18.1 Å². The number of rotatable bonds is 2. The number of anilines is 1. The Morgan fingerprint density at radius 1 is 1.30 bits per heavy atom. The first kappa shape index (κ1) is 11.8. The SMILES string of the molecule is Cc1nnc2n1C[C@@H](Nc1nc3ccccc3s1)CC2. The van der Waals surface area contributed by atoms with Gasteiger partial charge in [-0.25, -0.2) is 4.98 Å². The summed E-state index contributed by atoms with van der Waals surface area (Å²) in [7, 11) is 0. The average molecular weight is 285 g/mol. The van der Waals surface area contributed by atoms with Crippen LogP contribution in [0.15, 0.2) is 24.3 Å². The van der Waals surface area contributed by atoms with Crippen LogP contribution >= 0.6 is 11.3 Å². The third-order valence-corrected chi connectivity index (χ3v) is 4.72. The fourth-order valence-electron chi connectivity index (χ4n) is 2.69. The zero-order chi connectivity index (χ0) is 13.5. The average Bonchev–Trinajstić information content (AvgIpc) is 3.02. The number of nitrogens with one attached hydrogen (secondary N) is 1. The predicted octanol–water partition coefficient (Wildman–Crippen LogP) is 2.62. The topological polar surface area (TPSA) is 55.6 Å². The maximum absolute atomic E-state index is 4.64. The van der Waals surface area contributed by atoms with E-state index in [0.29, 0.717) is 6.04 Å². The summed E-state index contributed by atoms with van der Waals surface area (Å²) in [6.07, 6.45) is 2.05. The number of hydrogen-bond donors (Lipinski definition) is 1. The van der Waals surface area contributed by atoms with Gasteiger partial charge in [0.2, 0.25) is 0 Å². The summed E-state index contributed by atoms with van der Waals surface area (Å²) in [6, 6.07) is 8.65. The first-order valence-corrected chi connectivity index (χ1v) is 7.62. The first-order valence-electron chi connectivity index (χ1n) is 6.80. The van der Waals surface area contributed by atoms with Crippen molar-refractivity contribution in [3.8, 4) is 0 Å². The number of aromatic nitrogens is 4. The molecule has 1 aromatic carbocycles. The van der Waals surface area contributed by atoms with Crippen molar-refractivity contribution in [2.75, 3.05) is 5.32 Å². The molecule has 0 unspecified atom stereocenters. The second-order valence-corrected chi connectivity index (χ2v) is 6.17. The molecule has 2 aromatic heterocycles. The smallest absolute Gasteiger partial charge is 0.184 e. The van der Waals surface area contributed by atoms with Crippen LogP contribution in [-0.4, -0.2) is 25.8 Å². The molecule has 0 amide bonds. The molecule has 5 nitrogen and oxygen atoms in total. The van der Waals surface area contributed by atoms with E-state index in [1.165, 1.54) is 4.70 Å². The predicted molar refractivity (Wildman–Crippen MR) is 80.1 cm³/mol. The van der Waals surface area contributed by atoms with Crippen LogP contribution in [0.5, 0.6) is 0 Å². The second kappa shape index (κ2) is 4.56. The van der Waals surface area contributed by atoms with E-state index >= 15 is 0 Å². The van der Waals surface area contributed by atoms with Gasteiger partial charge in [0.25, 0.3) is 0 Å². The van der Waals surface area contributed by atoms with Crippen LogP contribution < -0.4 is 5.32 Å². The first-order chi connectivity index (χ1) is 9.79. The second-order valence-electron chi connectivity index (χ2n) is 5.14. The molecule has 1 aliphatic heterocycles. The number of hydrogen-bond acceptors (Lipinski definition) is 5. The van der Waals surface area contributed by atoms with Crippen molar-refractivity contribution in [1.82, 2.24) is 19.7 Å². The van der Waals surface area contributed by atoms with Crippen molar-refractivity contribution < 1.29 is 0 Å². The Morgan fingerprint density at radius 3 is 3.10 bits per heavy atom. The molecule has 0 radical (unpaired) electrons. The summed E-state index contributed by atoms with van der Waals surface area (Å²) in [4.78, 5) is 4.64. The fourth-order valence-corrected chi connectivity index (χ4v) is 3.63. The highest BCUT2D eigenvalue weighted by molar-refractivity contribution is 7.22. The lowest BCUT2D eigenvalue weighted by atomic mass is 10.1. The fraction of sp³-hybridized carbons (Fsp3) is 0.357. The molecule has 3 aromatic rings. The van der Waals surface area contributed by atoms with Gasteiger partial charge in [0.1, 0.15) is 11.6 Å². The highest BCUT2D eigenvalue weighted by atomic mass is 32.1. The lowest BCUT2D eigenvalue weighted by Gasteiger charge is -2.24. The van der Waals surface area contributed by atoms with E-state index in [2.05, 4.69) is 43.3 Å². The highest BCUT2D eigenvalue weighted by Gasteiger charge is 2.22. The van der Waals surface area contributed by atoms with Crippen LogP contribution in [0, 0.1) is 6.92 Å². The van der Waals surface area contributed by atoms with E-state index in [-0.39, 0.29) is 0 Å². The normalized spacial score (nSPS) is 18.1. The van der Waals surface area contributed by atoms with Gasteiger partial charge in [0.05, 0.1) is 10.2 Å². The third kappa shape index (κ3) is 1.96. The quantitative estimate of drug-likeness (QED) is 0.786. The Morgan fingerprint density at radius 2 is 2.20 bits per heavy atom. The van der Waals surface area contributed by atoms with Crippen molar-refractivity contribution in [2.24, 2.45) is 0 Å². The molecule has 6 heteroatoms. The molecular formula is C14H15N5S. The van der Waals surface area contributed by atoms with Gasteiger partial charge in [0.15, 0.2) is 5.13 Å². The lowest BCUT2D eigenvalue weighted by molar-refractivity contribution is 0.470. The lowest BCUT2D eigenvalue weighted by Crippen LogP contribution is -2.31. The summed E-state index contributed by atoms with van der Waals surface area (Å²) in [6.45, 7) is 2.93. The Bertz CT molecular complexity index is 727. The number of fused-ring (bicyclic) bond motifs is 2. The molecule has 1 N–H and O–H groups in total. The summed E-state index contributed by atoms with van der Waals surface area (Å²) in [5, 5.41) is 12.9. The van der Waals surface area contributed by atoms with Gasteiger partial charge in [-0.1, -0.05) is 23.5 Å². The number of nitrogens with zero attached hydrogens (tertiary/aromatic N) is 4. The van der Waals surface area contributed by atoms with E-state index in [1.807, 2.05) is 13.0 Å². The van der Waals surface area contributed by atoms with Crippen molar-refractivity contribution in [1.29, 1.82) is 0 Å². The molecule has 1 aliphatic rings. The Balaban J connectivity index is 1.56. The van der Waals surface area contributed by atoms with Crippen LogP contribution in [-0.2, 0) is 13.0 Å². The number of aryl methyl sites for hydroxylation is 2. The van der Waals surface area contributed by atoms with Gasteiger partial charge in [-0.3, -0.25) is 0 Å². The van der Waals surface area contributed by atoms with E-state index in [1.54, 1.807) is 11.3 Å². The summed E-state index contributed by atoms with van der Waals surface area (Å²) in [5.74, 6) is 2.10. The molecule has 0 bridgehead atoms. The van der Waals surface area contributed by atoms with Crippen LogP contribution in [0.4, 0.5) is 5.13 Å². The summed E-state index contributed by atoms with van der Waals surface area (Å²) in [5.41, 5.74) is 1.07. The molecule has 1 atom stereocenters. The molecule has 4 rings (SSSR count). The summed E-state index contributed by atoms with van der Waals surface area (Å²) >= 11 is 1.72. The Hall–Kier alpha value is -1.95. The molecule has 0 fully saturated rings.